The van der Waals surface area contributed by atoms with Crippen LogP contribution in [0.4, 0.5) is 0 Å². The van der Waals surface area contributed by atoms with E-state index in [0.29, 0.717) is 44.2 Å². The van der Waals surface area contributed by atoms with Crippen molar-refractivity contribution in [3.05, 3.63) is 42.0 Å². The first-order valence-electron chi connectivity index (χ1n) is 6.41. The summed E-state index contributed by atoms with van der Waals surface area (Å²) in [5.74, 6) is 0.614. The van der Waals surface area contributed by atoms with Gasteiger partial charge >= 0.3 is 0 Å². The number of ether oxygens (including phenoxy) is 2. The molecule has 0 N–H and O–H groups in total. The van der Waals surface area contributed by atoms with Gasteiger partial charge in [0, 0.05) is 13.1 Å². The maximum Gasteiger partial charge on any atom is 0.257 e. The summed E-state index contributed by atoms with van der Waals surface area (Å²) in [6.45, 7) is 8.58. The molecule has 1 saturated heterocycles. The Balaban J connectivity index is 2.13. The lowest BCUT2D eigenvalue weighted by molar-refractivity contribution is 0.0300. The van der Waals surface area contributed by atoms with E-state index in [0.717, 1.165) is 5.57 Å². The summed E-state index contributed by atoms with van der Waals surface area (Å²) in [5, 5.41) is 0. The van der Waals surface area contributed by atoms with E-state index in [2.05, 4.69) is 6.58 Å². The van der Waals surface area contributed by atoms with Crippen LogP contribution in [0.5, 0.6) is 5.75 Å². The highest BCUT2D eigenvalue weighted by atomic mass is 16.5. The van der Waals surface area contributed by atoms with E-state index < -0.39 is 0 Å². The highest BCUT2D eigenvalue weighted by Crippen LogP contribution is 2.21. The number of para-hydroxylation sites is 1. The molecule has 0 atom stereocenters. The summed E-state index contributed by atoms with van der Waals surface area (Å²) in [6, 6.07) is 7.33. The number of morpholine rings is 1. The first-order valence-corrected chi connectivity index (χ1v) is 6.41. The Hall–Kier alpha value is -1.81. The van der Waals surface area contributed by atoms with Crippen molar-refractivity contribution < 1.29 is 14.3 Å². The van der Waals surface area contributed by atoms with Gasteiger partial charge in [-0.15, -0.1) is 0 Å². The largest absolute Gasteiger partial charge is 0.488 e. The maximum atomic E-state index is 12.4. The molecule has 19 heavy (non-hydrogen) atoms. The van der Waals surface area contributed by atoms with Gasteiger partial charge in [0.2, 0.25) is 0 Å². The normalized spacial score (nSPS) is 15.1. The highest BCUT2D eigenvalue weighted by molar-refractivity contribution is 5.97. The van der Waals surface area contributed by atoms with Crippen LogP contribution in [0, 0.1) is 0 Å². The van der Waals surface area contributed by atoms with E-state index >= 15 is 0 Å². The topological polar surface area (TPSA) is 38.8 Å². The molecule has 0 unspecified atom stereocenters. The van der Waals surface area contributed by atoms with Crippen molar-refractivity contribution in [2.45, 2.75) is 6.92 Å². The fourth-order valence-corrected chi connectivity index (χ4v) is 1.91. The number of benzene rings is 1. The van der Waals surface area contributed by atoms with Gasteiger partial charge in [-0.1, -0.05) is 18.7 Å². The predicted molar refractivity (Wildman–Crippen MR) is 73.5 cm³/mol. The van der Waals surface area contributed by atoms with Crippen LogP contribution in [0.15, 0.2) is 36.4 Å². The van der Waals surface area contributed by atoms with Crippen LogP contribution in [-0.2, 0) is 4.74 Å². The van der Waals surface area contributed by atoms with Crippen molar-refractivity contribution in [2.24, 2.45) is 0 Å². The number of nitrogens with zero attached hydrogens (tertiary/aromatic N) is 1. The summed E-state index contributed by atoms with van der Waals surface area (Å²) in [4.78, 5) is 14.2. The molecule has 2 rings (SSSR count). The van der Waals surface area contributed by atoms with Crippen LogP contribution in [0.25, 0.3) is 0 Å². The van der Waals surface area contributed by atoms with Crippen LogP contribution in [0.1, 0.15) is 17.3 Å². The van der Waals surface area contributed by atoms with Gasteiger partial charge in [0.25, 0.3) is 5.91 Å². The lowest BCUT2D eigenvalue weighted by atomic mass is 10.1. The number of carbonyl (C=O) groups is 1. The molecule has 1 aromatic carbocycles. The molecule has 1 aliphatic heterocycles. The number of hydrogen-bond donors (Lipinski definition) is 0. The first kappa shape index (κ1) is 13.6. The van der Waals surface area contributed by atoms with Crippen molar-refractivity contribution in [1.29, 1.82) is 0 Å². The monoisotopic (exact) mass is 261 g/mol. The third-order valence-corrected chi connectivity index (χ3v) is 2.89. The lowest BCUT2D eigenvalue weighted by Gasteiger charge is -2.27. The number of hydrogen-bond acceptors (Lipinski definition) is 3. The first-order chi connectivity index (χ1) is 9.18. The van der Waals surface area contributed by atoms with Gasteiger partial charge in [-0.05, 0) is 24.6 Å². The molecular formula is C15H19NO3. The third kappa shape index (κ3) is 3.58. The Bertz CT molecular complexity index is 464. The average molecular weight is 261 g/mol. The van der Waals surface area contributed by atoms with Crippen LogP contribution >= 0.6 is 0 Å². The minimum absolute atomic E-state index is 0.000570. The molecule has 1 heterocycles. The summed E-state index contributed by atoms with van der Waals surface area (Å²) in [6.07, 6.45) is 0. The molecule has 0 radical (unpaired) electrons. The number of amides is 1. The van der Waals surface area contributed by atoms with Gasteiger partial charge in [0.05, 0.1) is 18.8 Å². The minimum atomic E-state index is 0.000570. The zero-order valence-corrected chi connectivity index (χ0v) is 11.2. The molecule has 1 amide bonds. The van der Waals surface area contributed by atoms with E-state index in [1.807, 2.05) is 25.1 Å². The molecule has 0 aromatic heterocycles. The fraction of sp³-hybridized carbons (Fsp3) is 0.400. The summed E-state index contributed by atoms with van der Waals surface area (Å²) >= 11 is 0. The lowest BCUT2D eigenvalue weighted by Crippen LogP contribution is -2.40. The van der Waals surface area contributed by atoms with Crippen LogP contribution in [0.2, 0.25) is 0 Å². The van der Waals surface area contributed by atoms with E-state index in [-0.39, 0.29) is 5.91 Å². The summed E-state index contributed by atoms with van der Waals surface area (Å²) in [5.41, 5.74) is 1.53. The Labute approximate surface area is 113 Å². The van der Waals surface area contributed by atoms with Gasteiger partial charge in [-0.25, -0.2) is 0 Å². The Morgan fingerprint density at radius 3 is 2.74 bits per heavy atom. The fourth-order valence-electron chi connectivity index (χ4n) is 1.91. The van der Waals surface area contributed by atoms with Crippen molar-refractivity contribution >= 4 is 5.91 Å². The number of rotatable bonds is 4. The molecule has 1 aliphatic rings. The van der Waals surface area contributed by atoms with E-state index in [4.69, 9.17) is 9.47 Å². The standard InChI is InChI=1S/C15H19NO3/c1-12(2)11-19-14-6-4-3-5-13(14)15(17)16-7-9-18-10-8-16/h3-6H,1,7-11H2,2H3. The van der Waals surface area contributed by atoms with E-state index in [1.165, 1.54) is 0 Å². The zero-order chi connectivity index (χ0) is 13.7. The van der Waals surface area contributed by atoms with E-state index in [1.54, 1.807) is 11.0 Å². The van der Waals surface area contributed by atoms with Gasteiger partial charge in [0.15, 0.2) is 0 Å². The molecule has 4 heteroatoms. The van der Waals surface area contributed by atoms with Crippen molar-refractivity contribution in [3.8, 4) is 5.75 Å². The molecule has 0 saturated carbocycles. The Morgan fingerprint density at radius 2 is 2.05 bits per heavy atom. The second-order valence-corrected chi connectivity index (χ2v) is 4.65. The summed E-state index contributed by atoms with van der Waals surface area (Å²) in [7, 11) is 0. The van der Waals surface area contributed by atoms with Crippen molar-refractivity contribution in [2.75, 3.05) is 32.9 Å². The molecular weight excluding hydrogens is 242 g/mol. The SMILES string of the molecule is C=C(C)COc1ccccc1C(=O)N1CCOCC1. The Morgan fingerprint density at radius 1 is 1.37 bits per heavy atom. The van der Waals surface area contributed by atoms with Gasteiger partial charge < -0.3 is 14.4 Å². The molecule has 102 valence electrons. The molecule has 0 bridgehead atoms. The quantitative estimate of drug-likeness (QED) is 0.779. The van der Waals surface area contributed by atoms with Crippen molar-refractivity contribution in [3.63, 3.8) is 0 Å². The van der Waals surface area contributed by atoms with Crippen LogP contribution < -0.4 is 4.74 Å². The zero-order valence-electron chi connectivity index (χ0n) is 11.2. The van der Waals surface area contributed by atoms with Crippen LogP contribution in [-0.4, -0.2) is 43.7 Å². The van der Waals surface area contributed by atoms with Crippen LogP contribution in [0.3, 0.4) is 0 Å². The van der Waals surface area contributed by atoms with Gasteiger partial charge in [-0.2, -0.15) is 0 Å². The molecule has 1 fully saturated rings. The van der Waals surface area contributed by atoms with Gasteiger partial charge in [0.1, 0.15) is 12.4 Å². The molecule has 1 aromatic rings. The van der Waals surface area contributed by atoms with E-state index in [9.17, 15) is 4.79 Å². The Kier molecular flexibility index (Phi) is 4.58. The molecule has 4 nitrogen and oxygen atoms in total. The smallest absolute Gasteiger partial charge is 0.257 e. The van der Waals surface area contributed by atoms with Gasteiger partial charge in [-0.3, -0.25) is 4.79 Å². The summed E-state index contributed by atoms with van der Waals surface area (Å²) < 4.78 is 10.9. The molecule has 0 spiro atoms. The highest BCUT2D eigenvalue weighted by Gasteiger charge is 2.21. The second kappa shape index (κ2) is 6.38. The molecule has 0 aliphatic carbocycles. The minimum Gasteiger partial charge on any atom is -0.488 e. The second-order valence-electron chi connectivity index (χ2n) is 4.65. The predicted octanol–water partition coefficient (Wildman–Crippen LogP) is 2.11. The number of carbonyl (C=O) groups excluding carboxylic acids is 1. The maximum absolute atomic E-state index is 12.4. The third-order valence-electron chi connectivity index (χ3n) is 2.89. The average Bonchev–Trinajstić information content (AvgIpc) is 2.45. The van der Waals surface area contributed by atoms with Crippen molar-refractivity contribution in [1.82, 2.24) is 4.90 Å².